The van der Waals surface area contributed by atoms with Crippen LogP contribution in [0.25, 0.3) is 0 Å². The summed E-state index contributed by atoms with van der Waals surface area (Å²) in [6.45, 7) is 12.9. The van der Waals surface area contributed by atoms with Gasteiger partial charge in [0.15, 0.2) is 5.84 Å². The Kier molecular flexibility index (Phi) is 8.52. The molecular formula is C27H44F2N6O. The number of hydrogen-bond donors (Lipinski definition) is 1. The number of hydrazone groups is 1. The van der Waals surface area contributed by atoms with Crippen LogP contribution < -0.4 is 5.73 Å². The van der Waals surface area contributed by atoms with E-state index in [0.29, 0.717) is 18.7 Å². The molecule has 2 aliphatic carbocycles. The fourth-order valence-electron chi connectivity index (χ4n) is 5.86. The summed E-state index contributed by atoms with van der Waals surface area (Å²) < 4.78 is 32.7. The van der Waals surface area contributed by atoms with Crippen molar-refractivity contribution in [3.05, 3.63) is 24.2 Å². The molecule has 2 N–H and O–H groups in total. The Hall–Kier alpha value is -1.84. The van der Waals surface area contributed by atoms with Crippen molar-refractivity contribution in [2.75, 3.05) is 39.9 Å². The van der Waals surface area contributed by atoms with E-state index in [4.69, 9.17) is 20.6 Å². The minimum atomic E-state index is -2.55. The lowest BCUT2D eigenvalue weighted by Crippen LogP contribution is -2.58. The van der Waals surface area contributed by atoms with Crippen LogP contribution in [0.3, 0.4) is 0 Å². The molecule has 0 bridgehead atoms. The second-order valence-corrected chi connectivity index (χ2v) is 11.0. The van der Waals surface area contributed by atoms with Gasteiger partial charge in [-0.2, -0.15) is 5.10 Å². The van der Waals surface area contributed by atoms with E-state index in [1.807, 2.05) is 13.1 Å². The summed E-state index contributed by atoms with van der Waals surface area (Å²) in [5, 5.41) is 6.59. The van der Waals surface area contributed by atoms with Crippen molar-refractivity contribution in [2.24, 2.45) is 21.7 Å². The van der Waals surface area contributed by atoms with Gasteiger partial charge < -0.3 is 15.4 Å². The van der Waals surface area contributed by atoms with Crippen molar-refractivity contribution in [1.29, 1.82) is 0 Å². The lowest BCUT2D eigenvalue weighted by molar-refractivity contribution is -0.0472. The molecule has 4 rings (SSSR count). The van der Waals surface area contributed by atoms with Crippen LogP contribution in [0.4, 0.5) is 8.78 Å². The topological polar surface area (TPSA) is 69.7 Å². The van der Waals surface area contributed by atoms with E-state index in [1.54, 1.807) is 12.1 Å². The fourth-order valence-corrected chi connectivity index (χ4v) is 5.86. The minimum Gasteiger partial charge on any atom is -0.383 e. The first-order chi connectivity index (χ1) is 17.2. The van der Waals surface area contributed by atoms with Crippen LogP contribution in [0.15, 0.2) is 34.3 Å². The number of nitrogens with two attached hydrogens (primary N) is 1. The quantitative estimate of drug-likeness (QED) is 0.496. The predicted molar refractivity (Wildman–Crippen MR) is 141 cm³/mol. The average Bonchev–Trinajstić information content (AvgIpc) is 3.61. The molecule has 0 aromatic heterocycles. The maximum Gasteiger partial charge on any atom is 0.248 e. The maximum absolute atomic E-state index is 13.7. The molecule has 2 saturated carbocycles. The summed E-state index contributed by atoms with van der Waals surface area (Å²) >= 11 is 0. The number of ether oxygens (including phenoxy) is 1. The lowest BCUT2D eigenvalue weighted by atomic mass is 9.79. The molecule has 1 spiro atoms. The molecule has 36 heavy (non-hydrogen) atoms. The zero-order valence-electron chi connectivity index (χ0n) is 22.3. The van der Waals surface area contributed by atoms with Crippen molar-refractivity contribution >= 4 is 11.5 Å². The highest BCUT2D eigenvalue weighted by Crippen LogP contribution is 2.44. The summed E-state index contributed by atoms with van der Waals surface area (Å²) in [4.78, 5) is 9.81. The molecule has 0 amide bonds. The predicted octanol–water partition coefficient (Wildman–Crippen LogP) is 4.57. The fraction of sp³-hybridized carbons (Fsp3) is 0.778. The van der Waals surface area contributed by atoms with Crippen LogP contribution in [-0.4, -0.2) is 83.8 Å². The highest BCUT2D eigenvalue weighted by atomic mass is 19.3. The molecule has 202 valence electrons. The van der Waals surface area contributed by atoms with Gasteiger partial charge in [0.2, 0.25) is 5.92 Å². The number of alkyl halides is 2. The van der Waals surface area contributed by atoms with Gasteiger partial charge in [-0.1, -0.05) is 19.9 Å². The van der Waals surface area contributed by atoms with Crippen LogP contribution >= 0.6 is 0 Å². The Morgan fingerprint density at radius 1 is 1.25 bits per heavy atom. The molecule has 7 nitrogen and oxygen atoms in total. The van der Waals surface area contributed by atoms with Gasteiger partial charge in [-0.25, -0.2) is 18.8 Å². The van der Waals surface area contributed by atoms with E-state index < -0.39 is 5.92 Å². The molecule has 2 heterocycles. The summed E-state index contributed by atoms with van der Waals surface area (Å²) in [6, 6.07) is -0.253. The highest BCUT2D eigenvalue weighted by Gasteiger charge is 2.51. The Morgan fingerprint density at radius 3 is 2.61 bits per heavy atom. The third kappa shape index (κ3) is 6.17. The van der Waals surface area contributed by atoms with Crippen LogP contribution in [0.5, 0.6) is 0 Å². The lowest BCUT2D eigenvalue weighted by Gasteiger charge is -2.44. The molecule has 1 unspecified atom stereocenters. The van der Waals surface area contributed by atoms with E-state index >= 15 is 0 Å². The van der Waals surface area contributed by atoms with Gasteiger partial charge in [-0.05, 0) is 56.9 Å². The Labute approximate surface area is 215 Å². The van der Waals surface area contributed by atoms with Crippen molar-refractivity contribution in [1.82, 2.24) is 14.8 Å². The van der Waals surface area contributed by atoms with Gasteiger partial charge in [0, 0.05) is 63.9 Å². The number of rotatable bonds is 9. The smallest absolute Gasteiger partial charge is 0.248 e. The molecule has 3 fully saturated rings. The van der Waals surface area contributed by atoms with E-state index in [2.05, 4.69) is 23.3 Å². The second kappa shape index (κ2) is 11.3. The van der Waals surface area contributed by atoms with E-state index in [0.717, 1.165) is 69.2 Å². The third-order valence-electron chi connectivity index (χ3n) is 8.37. The van der Waals surface area contributed by atoms with E-state index in [1.165, 1.54) is 12.8 Å². The third-order valence-corrected chi connectivity index (χ3v) is 8.37. The number of piperazine rings is 1. The van der Waals surface area contributed by atoms with Crippen molar-refractivity contribution in [3.8, 4) is 0 Å². The van der Waals surface area contributed by atoms with Crippen LogP contribution in [0.2, 0.25) is 0 Å². The van der Waals surface area contributed by atoms with Crippen molar-refractivity contribution < 1.29 is 13.5 Å². The maximum atomic E-state index is 13.7. The number of aliphatic imine (C=N–C) groups is 1. The average molecular weight is 507 g/mol. The van der Waals surface area contributed by atoms with Crippen LogP contribution in [-0.2, 0) is 4.74 Å². The molecule has 1 saturated heterocycles. The first-order valence-electron chi connectivity index (χ1n) is 13.6. The molecule has 4 aliphatic rings. The minimum absolute atomic E-state index is 0.0686. The Bertz CT molecular complexity index is 887. The van der Waals surface area contributed by atoms with E-state index in [-0.39, 0.29) is 30.3 Å². The van der Waals surface area contributed by atoms with Gasteiger partial charge >= 0.3 is 0 Å². The Morgan fingerprint density at radius 2 is 1.97 bits per heavy atom. The summed E-state index contributed by atoms with van der Waals surface area (Å²) in [6.07, 6.45) is 8.00. The van der Waals surface area contributed by atoms with E-state index in [9.17, 15) is 8.78 Å². The van der Waals surface area contributed by atoms with Crippen molar-refractivity contribution in [3.63, 3.8) is 0 Å². The summed E-state index contributed by atoms with van der Waals surface area (Å²) in [5.74, 6) is -1.01. The molecular weight excluding hydrogens is 462 g/mol. The number of hydrogen-bond acceptors (Lipinski definition) is 7. The monoisotopic (exact) mass is 506 g/mol. The van der Waals surface area contributed by atoms with Gasteiger partial charge in [0.25, 0.3) is 0 Å². The first-order valence-corrected chi connectivity index (χ1v) is 13.6. The number of methoxy groups -OCH3 is 1. The highest BCUT2D eigenvalue weighted by molar-refractivity contribution is 6.41. The number of halogens is 2. The second-order valence-electron chi connectivity index (χ2n) is 11.0. The number of nitrogens with zero attached hydrogens (tertiary/aromatic N) is 5. The van der Waals surface area contributed by atoms with Gasteiger partial charge in [0.1, 0.15) is 11.5 Å². The first kappa shape index (κ1) is 27.2. The summed E-state index contributed by atoms with van der Waals surface area (Å²) in [5.41, 5.74) is 8.81. The van der Waals surface area contributed by atoms with Crippen LogP contribution in [0, 0.1) is 5.92 Å². The normalized spacial score (nSPS) is 25.7. The van der Waals surface area contributed by atoms with Crippen LogP contribution in [0.1, 0.15) is 71.6 Å². The number of unbranched alkanes of at least 4 members (excludes halogenated alkanes) is 1. The van der Waals surface area contributed by atoms with Gasteiger partial charge in [-0.15, -0.1) is 0 Å². The van der Waals surface area contributed by atoms with Gasteiger partial charge in [-0.3, -0.25) is 4.90 Å². The Balaban J connectivity index is 1.45. The number of amidine groups is 1. The zero-order valence-corrected chi connectivity index (χ0v) is 22.3. The SMILES string of the molecule is C=C1N=C(N2CCN(CCOC)C3(CC3)C2)C(C)=NN1/C=C(\CCCC)C(N)C1CCC(F)(F)CC1. The molecule has 2 aliphatic heterocycles. The molecule has 1 atom stereocenters. The zero-order chi connectivity index (χ0) is 25.9. The standard InChI is InChI=1S/C27H44F2N6O/c1-5-6-7-23(24(30)22-8-10-27(28,29)11-9-22)18-35-21(3)31-25(20(2)32-35)33-14-15-34(16-17-36-4)26(19-33)12-13-26/h18,22,24H,3,5-17,19,30H2,1-2,4H3/b23-18+. The molecule has 0 aromatic rings. The van der Waals surface area contributed by atoms with Crippen molar-refractivity contribution in [2.45, 2.75) is 89.1 Å². The largest absolute Gasteiger partial charge is 0.383 e. The molecule has 0 aromatic carbocycles. The summed E-state index contributed by atoms with van der Waals surface area (Å²) in [7, 11) is 1.76. The molecule has 0 radical (unpaired) electrons. The van der Waals surface area contributed by atoms with Gasteiger partial charge in [0.05, 0.1) is 6.61 Å². The molecule has 9 heteroatoms.